The van der Waals surface area contributed by atoms with Crippen LogP contribution in [-0.4, -0.2) is 40.9 Å². The first-order chi connectivity index (χ1) is 12.2. The number of nitrogens with one attached hydrogen (secondary N) is 1. The highest BCUT2D eigenvalue weighted by atomic mass is 32.2. The van der Waals surface area contributed by atoms with Crippen LogP contribution in [0.15, 0.2) is 35.7 Å². The van der Waals surface area contributed by atoms with E-state index in [1.165, 1.54) is 18.7 Å². The highest BCUT2D eigenvalue weighted by Crippen LogP contribution is 2.24. The van der Waals surface area contributed by atoms with Gasteiger partial charge in [-0.1, -0.05) is 24.8 Å². The Kier molecular flexibility index (Phi) is 5.39. The predicted octanol–water partition coefficient (Wildman–Crippen LogP) is 1.91. The molecule has 1 aromatic carbocycles. The van der Waals surface area contributed by atoms with Gasteiger partial charge >= 0.3 is 0 Å². The molecule has 0 saturated heterocycles. The van der Waals surface area contributed by atoms with E-state index in [2.05, 4.69) is 38.0 Å². The molecule has 0 aliphatic carbocycles. The molecule has 0 spiro atoms. The van der Waals surface area contributed by atoms with Gasteiger partial charge in [-0.15, -0.1) is 15.3 Å². The van der Waals surface area contributed by atoms with Crippen molar-refractivity contribution in [3.63, 3.8) is 0 Å². The number of thioether (sulfide) groups is 1. The zero-order valence-corrected chi connectivity index (χ0v) is 14.8. The highest BCUT2D eigenvalue weighted by Gasteiger charge is 2.11. The Morgan fingerprint density at radius 3 is 3.00 bits per heavy atom. The van der Waals surface area contributed by atoms with Crippen molar-refractivity contribution in [2.24, 2.45) is 0 Å². The summed E-state index contributed by atoms with van der Waals surface area (Å²) < 4.78 is 3.66. The molecule has 0 unspecified atom stereocenters. The molecule has 3 aromatic rings. The van der Waals surface area contributed by atoms with E-state index in [0.29, 0.717) is 5.75 Å². The van der Waals surface area contributed by atoms with E-state index in [-0.39, 0.29) is 5.91 Å². The van der Waals surface area contributed by atoms with E-state index < -0.39 is 0 Å². The summed E-state index contributed by atoms with van der Waals surface area (Å²) in [6.07, 6.45) is 2.61. The summed E-state index contributed by atoms with van der Waals surface area (Å²) in [4.78, 5) is 11.2. The molecule has 25 heavy (non-hydrogen) atoms. The number of amides is 1. The summed E-state index contributed by atoms with van der Waals surface area (Å²) in [6, 6.07) is 7.51. The van der Waals surface area contributed by atoms with Crippen LogP contribution in [0.2, 0.25) is 0 Å². The average molecular weight is 358 g/mol. The number of carbonyl (C=O) groups is 1. The van der Waals surface area contributed by atoms with Gasteiger partial charge in [-0.3, -0.25) is 9.36 Å². The van der Waals surface area contributed by atoms with Gasteiger partial charge in [-0.2, -0.15) is 0 Å². The van der Waals surface area contributed by atoms with Gasteiger partial charge in [0.25, 0.3) is 0 Å². The lowest BCUT2D eigenvalue weighted by Gasteiger charge is -2.08. The molecular formula is C15H18N8OS. The normalized spacial score (nSPS) is 10.8. The minimum atomic E-state index is -0.113. The molecule has 1 amide bonds. The Bertz CT molecular complexity index is 859. The maximum absolute atomic E-state index is 11.2. The Balaban J connectivity index is 1.76. The van der Waals surface area contributed by atoms with Crippen LogP contribution in [0.5, 0.6) is 0 Å². The Labute approximate surface area is 148 Å². The first-order valence-corrected chi connectivity index (χ1v) is 8.82. The van der Waals surface area contributed by atoms with Gasteiger partial charge in [0.2, 0.25) is 5.91 Å². The monoisotopic (exact) mass is 358 g/mol. The van der Waals surface area contributed by atoms with Crippen molar-refractivity contribution in [3.8, 4) is 5.69 Å². The molecule has 0 atom stereocenters. The second kappa shape index (κ2) is 7.88. The van der Waals surface area contributed by atoms with E-state index in [1.807, 2.05) is 28.8 Å². The molecule has 2 aromatic heterocycles. The third-order valence-corrected chi connectivity index (χ3v) is 4.27. The first kappa shape index (κ1) is 17.1. The van der Waals surface area contributed by atoms with Gasteiger partial charge in [-0.05, 0) is 35.0 Å². The summed E-state index contributed by atoms with van der Waals surface area (Å²) >= 11 is 1.50. The topological polar surface area (TPSA) is 103 Å². The Morgan fingerprint density at radius 2 is 2.20 bits per heavy atom. The molecule has 10 heteroatoms. The zero-order valence-electron chi connectivity index (χ0n) is 14.0. The second-order valence-electron chi connectivity index (χ2n) is 5.32. The molecule has 2 heterocycles. The second-order valence-corrected chi connectivity index (χ2v) is 6.26. The van der Waals surface area contributed by atoms with Crippen LogP contribution < -0.4 is 5.32 Å². The van der Waals surface area contributed by atoms with Crippen molar-refractivity contribution in [2.45, 2.75) is 37.7 Å². The number of nitrogens with zero attached hydrogens (tertiary/aromatic N) is 7. The standard InChI is InChI=1S/C15H18N8OS/c1-3-7-23-14(18-20-21-23)9-25-15-19-16-10-22(15)13-6-4-5-12(8-13)17-11(2)24/h4-6,8,10H,3,7,9H2,1-2H3,(H,17,24). The molecule has 3 rings (SSSR count). The average Bonchev–Trinajstić information content (AvgIpc) is 3.22. The fourth-order valence-electron chi connectivity index (χ4n) is 2.28. The number of benzene rings is 1. The lowest BCUT2D eigenvalue weighted by atomic mass is 10.2. The van der Waals surface area contributed by atoms with Crippen LogP contribution in [0, 0.1) is 0 Å². The van der Waals surface area contributed by atoms with Crippen molar-refractivity contribution >= 4 is 23.4 Å². The smallest absolute Gasteiger partial charge is 0.221 e. The van der Waals surface area contributed by atoms with Gasteiger partial charge in [-0.25, -0.2) is 4.68 Å². The summed E-state index contributed by atoms with van der Waals surface area (Å²) in [6.45, 7) is 4.35. The van der Waals surface area contributed by atoms with Crippen LogP contribution in [0.4, 0.5) is 5.69 Å². The minimum absolute atomic E-state index is 0.113. The number of rotatable bonds is 7. The zero-order chi connectivity index (χ0) is 17.6. The molecular weight excluding hydrogens is 340 g/mol. The number of hydrogen-bond donors (Lipinski definition) is 1. The van der Waals surface area contributed by atoms with Gasteiger partial charge in [0.1, 0.15) is 6.33 Å². The predicted molar refractivity (Wildman–Crippen MR) is 93.3 cm³/mol. The molecule has 0 bridgehead atoms. The van der Waals surface area contributed by atoms with E-state index in [4.69, 9.17) is 0 Å². The van der Waals surface area contributed by atoms with Crippen molar-refractivity contribution in [1.29, 1.82) is 0 Å². The fourth-order valence-corrected chi connectivity index (χ4v) is 3.14. The lowest BCUT2D eigenvalue weighted by Crippen LogP contribution is -2.06. The van der Waals surface area contributed by atoms with Crippen LogP contribution >= 0.6 is 11.8 Å². The molecule has 0 fully saturated rings. The fraction of sp³-hybridized carbons (Fsp3) is 0.333. The number of aromatic nitrogens is 7. The summed E-state index contributed by atoms with van der Waals surface area (Å²) in [5.41, 5.74) is 1.59. The molecule has 0 radical (unpaired) electrons. The maximum Gasteiger partial charge on any atom is 0.221 e. The highest BCUT2D eigenvalue weighted by molar-refractivity contribution is 7.98. The number of anilines is 1. The SMILES string of the molecule is CCCn1nnnc1CSc1nncn1-c1cccc(NC(C)=O)c1. The van der Waals surface area contributed by atoms with Crippen LogP contribution in [0.1, 0.15) is 26.1 Å². The Hall–Kier alpha value is -2.75. The minimum Gasteiger partial charge on any atom is -0.326 e. The Morgan fingerprint density at radius 1 is 1.32 bits per heavy atom. The van der Waals surface area contributed by atoms with Gasteiger partial charge < -0.3 is 5.32 Å². The molecule has 1 N–H and O–H groups in total. The van der Waals surface area contributed by atoms with Crippen molar-refractivity contribution in [3.05, 3.63) is 36.4 Å². The van der Waals surface area contributed by atoms with E-state index >= 15 is 0 Å². The number of hydrogen-bond acceptors (Lipinski definition) is 7. The quantitative estimate of drug-likeness (QED) is 0.643. The summed E-state index contributed by atoms with van der Waals surface area (Å²) in [7, 11) is 0. The largest absolute Gasteiger partial charge is 0.326 e. The molecule has 0 aliphatic heterocycles. The van der Waals surface area contributed by atoms with Crippen molar-refractivity contribution in [2.75, 3.05) is 5.32 Å². The van der Waals surface area contributed by atoms with Crippen molar-refractivity contribution < 1.29 is 4.79 Å². The molecule has 9 nitrogen and oxygen atoms in total. The third kappa shape index (κ3) is 4.21. The van der Waals surface area contributed by atoms with Crippen LogP contribution in [0.25, 0.3) is 5.69 Å². The number of aryl methyl sites for hydroxylation is 1. The van der Waals surface area contributed by atoms with Gasteiger partial charge in [0, 0.05) is 19.2 Å². The maximum atomic E-state index is 11.2. The van der Waals surface area contributed by atoms with Crippen molar-refractivity contribution in [1.82, 2.24) is 35.0 Å². The van der Waals surface area contributed by atoms with E-state index in [0.717, 1.165) is 35.3 Å². The van der Waals surface area contributed by atoms with E-state index in [1.54, 1.807) is 11.0 Å². The molecule has 130 valence electrons. The number of tetrazole rings is 1. The van der Waals surface area contributed by atoms with Crippen LogP contribution in [0.3, 0.4) is 0 Å². The third-order valence-electron chi connectivity index (χ3n) is 3.33. The number of carbonyl (C=O) groups excluding carboxylic acids is 1. The van der Waals surface area contributed by atoms with Gasteiger partial charge in [0.05, 0.1) is 11.4 Å². The first-order valence-electron chi connectivity index (χ1n) is 7.83. The molecule has 0 aliphatic rings. The summed E-state index contributed by atoms with van der Waals surface area (Å²) in [5.74, 6) is 1.28. The van der Waals surface area contributed by atoms with Crippen LogP contribution in [-0.2, 0) is 17.1 Å². The van der Waals surface area contributed by atoms with Gasteiger partial charge in [0.15, 0.2) is 11.0 Å². The summed E-state index contributed by atoms with van der Waals surface area (Å²) in [5, 5.41) is 23.4. The lowest BCUT2D eigenvalue weighted by molar-refractivity contribution is -0.114. The van der Waals surface area contributed by atoms with E-state index in [9.17, 15) is 4.79 Å². The molecule has 0 saturated carbocycles.